The van der Waals surface area contributed by atoms with E-state index in [9.17, 15) is 0 Å². The van der Waals surface area contributed by atoms with E-state index in [1.54, 1.807) is 6.20 Å². The molecule has 0 fully saturated rings. The SMILES string of the molecule is CCNC(c1ccc(C)cc1)c1ncccc1Cl. The van der Waals surface area contributed by atoms with Crippen LogP contribution in [0.15, 0.2) is 42.6 Å². The highest BCUT2D eigenvalue weighted by atomic mass is 35.5. The molecule has 2 rings (SSSR count). The van der Waals surface area contributed by atoms with Crippen molar-refractivity contribution >= 4 is 11.6 Å². The Hall–Kier alpha value is -1.38. The minimum absolute atomic E-state index is 0.0456. The number of benzene rings is 1. The van der Waals surface area contributed by atoms with Gasteiger partial charge in [0.2, 0.25) is 0 Å². The molecule has 1 atom stereocenters. The highest BCUT2D eigenvalue weighted by molar-refractivity contribution is 6.31. The van der Waals surface area contributed by atoms with Gasteiger partial charge in [0.15, 0.2) is 0 Å². The molecule has 3 heteroatoms. The van der Waals surface area contributed by atoms with Gasteiger partial charge in [0.1, 0.15) is 0 Å². The zero-order valence-electron chi connectivity index (χ0n) is 10.7. The van der Waals surface area contributed by atoms with E-state index in [1.165, 1.54) is 11.1 Å². The zero-order chi connectivity index (χ0) is 13.0. The lowest BCUT2D eigenvalue weighted by Crippen LogP contribution is -2.23. The first-order valence-electron chi connectivity index (χ1n) is 6.12. The molecular weight excluding hydrogens is 244 g/mol. The molecule has 0 bridgehead atoms. The molecule has 0 saturated heterocycles. The molecule has 0 aliphatic rings. The van der Waals surface area contributed by atoms with E-state index in [0.29, 0.717) is 5.02 Å². The first-order valence-corrected chi connectivity index (χ1v) is 6.50. The number of nitrogens with one attached hydrogen (secondary N) is 1. The Labute approximate surface area is 113 Å². The van der Waals surface area contributed by atoms with Crippen LogP contribution in [0.2, 0.25) is 5.02 Å². The van der Waals surface area contributed by atoms with Crippen molar-refractivity contribution in [3.8, 4) is 0 Å². The predicted octanol–water partition coefficient (Wildman–Crippen LogP) is 3.74. The standard InChI is InChI=1S/C15H17ClN2/c1-3-17-14(12-8-6-11(2)7-9-12)15-13(16)5-4-10-18-15/h4-10,14,17H,3H2,1-2H3. The fourth-order valence-electron chi connectivity index (χ4n) is 1.95. The summed E-state index contributed by atoms with van der Waals surface area (Å²) in [5.41, 5.74) is 3.31. The van der Waals surface area contributed by atoms with E-state index in [0.717, 1.165) is 12.2 Å². The Kier molecular flexibility index (Phi) is 4.34. The topological polar surface area (TPSA) is 24.9 Å². The van der Waals surface area contributed by atoms with Crippen molar-refractivity contribution in [1.29, 1.82) is 0 Å². The average molecular weight is 261 g/mol. The summed E-state index contributed by atoms with van der Waals surface area (Å²) < 4.78 is 0. The summed E-state index contributed by atoms with van der Waals surface area (Å²) in [5.74, 6) is 0. The number of pyridine rings is 1. The summed E-state index contributed by atoms with van der Waals surface area (Å²) in [6.07, 6.45) is 1.78. The Bertz CT molecular complexity index is 508. The van der Waals surface area contributed by atoms with Crippen molar-refractivity contribution in [2.75, 3.05) is 6.54 Å². The van der Waals surface area contributed by atoms with Gasteiger partial charge in [-0.25, -0.2) is 0 Å². The van der Waals surface area contributed by atoms with Crippen LogP contribution in [-0.2, 0) is 0 Å². The Morgan fingerprint density at radius 2 is 1.94 bits per heavy atom. The van der Waals surface area contributed by atoms with Gasteiger partial charge in [-0.15, -0.1) is 0 Å². The minimum Gasteiger partial charge on any atom is -0.305 e. The van der Waals surface area contributed by atoms with Crippen molar-refractivity contribution in [3.05, 3.63) is 64.4 Å². The summed E-state index contributed by atoms with van der Waals surface area (Å²) in [4.78, 5) is 4.40. The molecule has 0 aliphatic carbocycles. The molecule has 0 aliphatic heterocycles. The Balaban J connectivity index is 2.40. The van der Waals surface area contributed by atoms with Gasteiger partial charge >= 0.3 is 0 Å². The van der Waals surface area contributed by atoms with Gasteiger partial charge in [-0.1, -0.05) is 48.4 Å². The van der Waals surface area contributed by atoms with Crippen LogP contribution < -0.4 is 5.32 Å². The van der Waals surface area contributed by atoms with Crippen LogP contribution >= 0.6 is 11.6 Å². The smallest absolute Gasteiger partial charge is 0.0804 e. The first-order chi connectivity index (χ1) is 8.72. The highest BCUT2D eigenvalue weighted by Crippen LogP contribution is 2.26. The number of aryl methyl sites for hydroxylation is 1. The summed E-state index contributed by atoms with van der Waals surface area (Å²) >= 11 is 6.23. The summed E-state index contributed by atoms with van der Waals surface area (Å²) in [6, 6.07) is 12.2. The number of nitrogens with zero attached hydrogens (tertiary/aromatic N) is 1. The quantitative estimate of drug-likeness (QED) is 0.906. The molecule has 0 saturated carbocycles. The Morgan fingerprint density at radius 1 is 1.22 bits per heavy atom. The predicted molar refractivity (Wildman–Crippen MR) is 75.9 cm³/mol. The summed E-state index contributed by atoms with van der Waals surface area (Å²) in [6.45, 7) is 5.03. The molecule has 1 aromatic heterocycles. The van der Waals surface area contributed by atoms with Gasteiger partial charge in [-0.3, -0.25) is 4.98 Å². The van der Waals surface area contributed by atoms with E-state index in [2.05, 4.69) is 48.4 Å². The lowest BCUT2D eigenvalue weighted by molar-refractivity contribution is 0.615. The molecule has 1 unspecified atom stereocenters. The van der Waals surface area contributed by atoms with E-state index in [-0.39, 0.29) is 6.04 Å². The van der Waals surface area contributed by atoms with Gasteiger partial charge in [-0.2, -0.15) is 0 Å². The molecule has 1 aromatic carbocycles. The molecule has 18 heavy (non-hydrogen) atoms. The van der Waals surface area contributed by atoms with Crippen molar-refractivity contribution in [2.24, 2.45) is 0 Å². The van der Waals surface area contributed by atoms with Gasteiger partial charge in [0.05, 0.1) is 16.8 Å². The van der Waals surface area contributed by atoms with Gasteiger partial charge < -0.3 is 5.32 Å². The van der Waals surface area contributed by atoms with Crippen LogP contribution in [0.4, 0.5) is 0 Å². The van der Waals surface area contributed by atoms with Crippen molar-refractivity contribution in [2.45, 2.75) is 19.9 Å². The van der Waals surface area contributed by atoms with E-state index >= 15 is 0 Å². The van der Waals surface area contributed by atoms with Crippen molar-refractivity contribution in [3.63, 3.8) is 0 Å². The molecule has 94 valence electrons. The minimum atomic E-state index is 0.0456. The number of hydrogen-bond acceptors (Lipinski definition) is 2. The maximum atomic E-state index is 6.23. The van der Waals surface area contributed by atoms with Crippen LogP contribution in [0.5, 0.6) is 0 Å². The second-order valence-electron chi connectivity index (χ2n) is 4.27. The first kappa shape index (κ1) is 13.1. The van der Waals surface area contributed by atoms with Crippen LogP contribution in [-0.4, -0.2) is 11.5 Å². The van der Waals surface area contributed by atoms with E-state index < -0.39 is 0 Å². The maximum Gasteiger partial charge on any atom is 0.0804 e. The second-order valence-corrected chi connectivity index (χ2v) is 4.68. The van der Waals surface area contributed by atoms with Crippen LogP contribution in [0.1, 0.15) is 29.8 Å². The lowest BCUT2D eigenvalue weighted by atomic mass is 10.0. The third kappa shape index (κ3) is 2.89. The van der Waals surface area contributed by atoms with Gasteiger partial charge in [0.25, 0.3) is 0 Å². The fourth-order valence-corrected chi connectivity index (χ4v) is 2.18. The normalized spacial score (nSPS) is 12.4. The molecule has 0 spiro atoms. The molecule has 1 N–H and O–H groups in total. The highest BCUT2D eigenvalue weighted by Gasteiger charge is 2.16. The largest absolute Gasteiger partial charge is 0.305 e. The number of halogens is 1. The van der Waals surface area contributed by atoms with Crippen LogP contribution in [0.25, 0.3) is 0 Å². The van der Waals surface area contributed by atoms with Crippen molar-refractivity contribution < 1.29 is 0 Å². The fraction of sp³-hybridized carbons (Fsp3) is 0.267. The third-order valence-corrected chi connectivity index (χ3v) is 3.20. The van der Waals surface area contributed by atoms with Crippen LogP contribution in [0.3, 0.4) is 0 Å². The maximum absolute atomic E-state index is 6.23. The Morgan fingerprint density at radius 3 is 2.56 bits per heavy atom. The van der Waals surface area contributed by atoms with E-state index in [4.69, 9.17) is 11.6 Å². The molecule has 2 nitrogen and oxygen atoms in total. The zero-order valence-corrected chi connectivity index (χ0v) is 11.4. The van der Waals surface area contributed by atoms with E-state index in [1.807, 2.05) is 12.1 Å². The molecular formula is C15H17ClN2. The van der Waals surface area contributed by atoms with Crippen molar-refractivity contribution in [1.82, 2.24) is 10.3 Å². The monoisotopic (exact) mass is 260 g/mol. The summed E-state index contributed by atoms with van der Waals surface area (Å²) in [5, 5.41) is 4.13. The molecule has 1 heterocycles. The van der Waals surface area contributed by atoms with Crippen LogP contribution in [0, 0.1) is 6.92 Å². The number of rotatable bonds is 4. The van der Waals surface area contributed by atoms with Gasteiger partial charge in [0, 0.05) is 6.20 Å². The van der Waals surface area contributed by atoms with Gasteiger partial charge in [-0.05, 0) is 31.2 Å². The lowest BCUT2D eigenvalue weighted by Gasteiger charge is -2.19. The summed E-state index contributed by atoms with van der Waals surface area (Å²) in [7, 11) is 0. The molecule has 0 radical (unpaired) electrons. The number of hydrogen-bond donors (Lipinski definition) is 1. The third-order valence-electron chi connectivity index (χ3n) is 2.88. The average Bonchev–Trinajstić information content (AvgIpc) is 2.38. The second kappa shape index (κ2) is 5.98. The molecule has 0 amide bonds. The number of aromatic nitrogens is 1. The molecule has 2 aromatic rings.